The number of hydrogen-bond donors (Lipinski definition) is 0. The molecule has 10 heteroatoms. The van der Waals surface area contributed by atoms with E-state index < -0.39 is 13.6 Å². The molecule has 0 heterocycles. The second-order valence-electron chi connectivity index (χ2n) is 22.8. The van der Waals surface area contributed by atoms with Crippen LogP contribution in [0.3, 0.4) is 0 Å². The Morgan fingerprint density at radius 2 is 1.00 bits per heavy atom. The standard InChI is InChI=1S/C26H36O2.C19H26O.C11H21O5P.C4H9.2CH4.Li/c1-8-28-23(27)15-18(2)9-10-20-17-26(20,7)19-11-12-21-22(16-19)25(5,6)14-13-24(21,3)4;1-17(2)8-9-18(3,4)16-10-13(6-7-15(16)17)19(5)11-14(19)12-20;1-5-14-11(12)8-10(4)9-17(13,15-6-2)16-7-3;1-3-4-2;;;/h9-12,15-16,20H,8,13-14,17H2,1-7H3;6-7,10,12,14H,8-9,11H2,1-5H3;8H,5-7,9H2,1-4H3;1,3-4H2,2H3;2*1H4;/q;;;-1;;;+1/b10-9+,18-15+;;10-8+;;;;. The van der Waals surface area contributed by atoms with E-state index in [1.807, 2.05) is 13.8 Å². The van der Waals surface area contributed by atoms with Gasteiger partial charge < -0.3 is 30.2 Å². The largest absolute Gasteiger partial charge is 1.00 e. The second kappa shape index (κ2) is 28.8. The molecule has 4 aliphatic carbocycles. The number of fused-ring (bicyclic) bond motifs is 2. The van der Waals surface area contributed by atoms with E-state index in [1.54, 1.807) is 33.8 Å². The molecule has 4 unspecified atom stereocenters. The van der Waals surface area contributed by atoms with E-state index in [-0.39, 0.29) is 84.3 Å². The Morgan fingerprint density at radius 3 is 1.36 bits per heavy atom. The van der Waals surface area contributed by atoms with E-state index in [1.165, 1.54) is 78.0 Å². The summed E-state index contributed by atoms with van der Waals surface area (Å²) in [7, 11) is -3.13. The first-order valence-electron chi connectivity index (χ1n) is 25.9. The minimum absolute atomic E-state index is 0. The number of rotatable bonds is 16. The van der Waals surface area contributed by atoms with Crippen LogP contribution in [0, 0.1) is 18.8 Å². The van der Waals surface area contributed by atoms with Gasteiger partial charge in [0.25, 0.3) is 0 Å². The molecule has 0 aliphatic heterocycles. The maximum atomic E-state index is 12.1. The first kappa shape index (κ1) is 69.0. The van der Waals surface area contributed by atoms with Crippen molar-refractivity contribution in [2.45, 2.75) is 216 Å². The van der Waals surface area contributed by atoms with Gasteiger partial charge in [-0.25, -0.2) is 9.59 Å². The maximum absolute atomic E-state index is 12.1. The molecule has 0 spiro atoms. The third kappa shape index (κ3) is 18.4. The van der Waals surface area contributed by atoms with Crippen LogP contribution in [0.2, 0.25) is 0 Å². The monoisotopic (exact) mass is 1010 g/mol. The fourth-order valence-electron chi connectivity index (χ4n) is 9.77. The number of benzene rings is 2. The zero-order chi connectivity index (χ0) is 52.2. The molecule has 0 radical (unpaired) electrons. The van der Waals surface area contributed by atoms with Gasteiger partial charge in [0.1, 0.15) is 6.29 Å². The summed E-state index contributed by atoms with van der Waals surface area (Å²) in [5.41, 5.74) is 11.8. The van der Waals surface area contributed by atoms with Crippen molar-refractivity contribution >= 4 is 25.8 Å². The molecule has 8 nitrogen and oxygen atoms in total. The summed E-state index contributed by atoms with van der Waals surface area (Å²) in [6.45, 7) is 41.3. The molecule has 0 bridgehead atoms. The predicted molar refractivity (Wildman–Crippen MR) is 300 cm³/mol. The van der Waals surface area contributed by atoms with Crippen LogP contribution in [0.25, 0.3) is 0 Å². The molecule has 2 fully saturated rings. The molecule has 72 heavy (non-hydrogen) atoms. The van der Waals surface area contributed by atoms with Gasteiger partial charge in [0.05, 0.1) is 32.6 Å². The fourth-order valence-corrected chi connectivity index (χ4v) is 11.5. The first-order chi connectivity index (χ1) is 32.1. The van der Waals surface area contributed by atoms with Crippen molar-refractivity contribution in [3.63, 3.8) is 0 Å². The van der Waals surface area contributed by atoms with Gasteiger partial charge in [-0.2, -0.15) is 6.42 Å². The van der Waals surface area contributed by atoms with Crippen molar-refractivity contribution in [2.75, 3.05) is 32.6 Å². The summed E-state index contributed by atoms with van der Waals surface area (Å²) in [4.78, 5) is 33.8. The minimum Gasteiger partial charge on any atom is -0.463 e. The van der Waals surface area contributed by atoms with E-state index in [2.05, 4.69) is 132 Å². The van der Waals surface area contributed by atoms with Crippen LogP contribution in [0.4, 0.5) is 0 Å². The summed E-state index contributed by atoms with van der Waals surface area (Å²) in [6, 6.07) is 14.2. The van der Waals surface area contributed by atoms with Crippen LogP contribution in [-0.4, -0.2) is 50.8 Å². The second-order valence-corrected chi connectivity index (χ2v) is 24.9. The number of esters is 2. The smallest absolute Gasteiger partial charge is 0.463 e. The van der Waals surface area contributed by atoms with Crippen molar-refractivity contribution in [2.24, 2.45) is 11.8 Å². The quantitative estimate of drug-likeness (QED) is 0.0311. The van der Waals surface area contributed by atoms with Crippen molar-refractivity contribution in [1.82, 2.24) is 0 Å². The normalized spacial score (nSPS) is 23.6. The third-order valence-electron chi connectivity index (χ3n) is 15.1. The van der Waals surface area contributed by atoms with Gasteiger partial charge in [-0.1, -0.05) is 152 Å². The van der Waals surface area contributed by atoms with Crippen molar-refractivity contribution in [3.05, 3.63) is 112 Å². The van der Waals surface area contributed by atoms with Gasteiger partial charge in [-0.05, 0) is 152 Å². The van der Waals surface area contributed by atoms with Gasteiger partial charge >= 0.3 is 38.4 Å². The Bertz CT molecular complexity index is 2200. The molecule has 2 aromatic carbocycles. The molecule has 0 saturated heterocycles. The molecule has 6 rings (SSSR count). The minimum atomic E-state index is -3.13. The molecule has 0 aromatic heterocycles. The van der Waals surface area contributed by atoms with Gasteiger partial charge in [0, 0.05) is 23.5 Å². The summed E-state index contributed by atoms with van der Waals surface area (Å²) in [6.07, 6.45) is 17.9. The molecule has 402 valence electrons. The van der Waals surface area contributed by atoms with E-state index >= 15 is 0 Å². The maximum Gasteiger partial charge on any atom is 1.00 e. The van der Waals surface area contributed by atoms with Crippen molar-refractivity contribution < 1.29 is 56.3 Å². The molecule has 4 atom stereocenters. The first-order valence-corrected chi connectivity index (χ1v) is 27.6. The zero-order valence-electron chi connectivity index (χ0n) is 47.1. The summed E-state index contributed by atoms with van der Waals surface area (Å²) in [5, 5.41) is 0. The third-order valence-corrected chi connectivity index (χ3v) is 17.3. The number of allylic oxidation sites excluding steroid dienone is 4. The van der Waals surface area contributed by atoms with Crippen molar-refractivity contribution in [1.29, 1.82) is 0 Å². The van der Waals surface area contributed by atoms with Gasteiger partial charge in [0.2, 0.25) is 0 Å². The van der Waals surface area contributed by atoms with Crippen molar-refractivity contribution in [3.8, 4) is 0 Å². The summed E-state index contributed by atoms with van der Waals surface area (Å²) >= 11 is 0. The van der Waals surface area contributed by atoms with Crippen LogP contribution >= 0.6 is 7.60 Å². The number of carbonyl (C=O) groups excluding carboxylic acids is 3. The average molecular weight is 1010 g/mol. The molecule has 2 saturated carbocycles. The summed E-state index contributed by atoms with van der Waals surface area (Å²) < 4.78 is 32.1. The molecule has 2 aromatic rings. The number of hydrogen-bond acceptors (Lipinski definition) is 8. The molecular weight excluding hydrogens is 911 g/mol. The Labute approximate surface area is 452 Å². The van der Waals surface area contributed by atoms with E-state index in [0.29, 0.717) is 37.9 Å². The average Bonchev–Trinajstić information content (AvgIpc) is 4.17. The SMILES string of the molecule is C.C.CC1(C)CCC(C)(C)c2cc(C3(C)CC3C=O)ccc21.CCOC(=O)/C=C(C)/C=C/C1CC1(C)c1ccc2c(c1)C(C)(C)CCC2(C)C.CCOC(=O)/C=C(\C)CP(=O)(OCC)OCC.[CH2-]CCC.[Li+]. The number of ether oxygens (including phenoxy) is 2. The van der Waals surface area contributed by atoms with Gasteiger partial charge in [0.15, 0.2) is 0 Å². The van der Waals surface area contributed by atoms with E-state index in [4.69, 9.17) is 18.5 Å². The van der Waals surface area contributed by atoms with Gasteiger partial charge in [-0.3, -0.25) is 4.57 Å². The van der Waals surface area contributed by atoms with Crippen LogP contribution < -0.4 is 18.9 Å². The number of carbonyl (C=O) groups is 3. The van der Waals surface area contributed by atoms with E-state index in [0.717, 1.165) is 24.7 Å². The molecular formula is C62H100LiO8P. The molecule has 0 amide bonds. The Hall–Kier alpha value is -2.98. The number of aldehydes is 1. The van der Waals surface area contributed by atoms with Crippen LogP contribution in [-0.2, 0) is 70.0 Å². The molecule has 0 N–H and O–H groups in total. The topological polar surface area (TPSA) is 105 Å². The molecule has 4 aliphatic rings. The van der Waals surface area contributed by atoms with Crippen LogP contribution in [0.1, 0.15) is 217 Å². The van der Waals surface area contributed by atoms with Crippen LogP contribution in [0.5, 0.6) is 0 Å². The number of unbranched alkanes of at least 4 members (excludes halogenated alkanes) is 1. The Balaban J connectivity index is 0.00000102. The Morgan fingerprint density at radius 1 is 0.625 bits per heavy atom. The summed E-state index contributed by atoms with van der Waals surface area (Å²) in [5.74, 6) is 0.0448. The fraction of sp³-hybridized carbons (Fsp3) is 0.645. The van der Waals surface area contributed by atoms with E-state index in [9.17, 15) is 18.9 Å². The Kier molecular flexibility index (Phi) is 27.6. The van der Waals surface area contributed by atoms with Gasteiger partial charge in [-0.15, -0.1) is 0 Å². The zero-order valence-corrected chi connectivity index (χ0v) is 48.0. The predicted octanol–water partition coefficient (Wildman–Crippen LogP) is 13.5. The van der Waals surface area contributed by atoms with Crippen LogP contribution in [0.15, 0.2) is 71.8 Å².